The van der Waals surface area contributed by atoms with E-state index in [9.17, 15) is 14.4 Å². The number of nitrogens with one attached hydrogen (secondary N) is 2. The van der Waals surface area contributed by atoms with Gasteiger partial charge < -0.3 is 15.4 Å². The highest BCUT2D eigenvalue weighted by atomic mass is 16.5. The Labute approximate surface area is 151 Å². The molecule has 2 aromatic carbocycles. The number of esters is 1. The molecule has 6 heteroatoms. The first-order valence-corrected chi connectivity index (χ1v) is 8.47. The van der Waals surface area contributed by atoms with Gasteiger partial charge in [0.2, 0.25) is 12.0 Å². The topological polar surface area (TPSA) is 84.5 Å². The van der Waals surface area contributed by atoms with Crippen molar-refractivity contribution in [1.82, 2.24) is 5.32 Å². The van der Waals surface area contributed by atoms with Crippen LogP contribution in [0.4, 0.5) is 5.69 Å². The predicted octanol–water partition coefficient (Wildman–Crippen LogP) is 2.82. The van der Waals surface area contributed by atoms with Gasteiger partial charge in [0.05, 0.1) is 5.56 Å². The van der Waals surface area contributed by atoms with Crippen LogP contribution in [0.15, 0.2) is 54.6 Å². The Kier molecular flexibility index (Phi) is 5.31. The van der Waals surface area contributed by atoms with Gasteiger partial charge in [-0.15, -0.1) is 0 Å². The zero-order chi connectivity index (χ0) is 18.5. The van der Waals surface area contributed by atoms with Crippen LogP contribution in [-0.2, 0) is 14.3 Å². The van der Waals surface area contributed by atoms with E-state index >= 15 is 0 Å². The van der Waals surface area contributed by atoms with Crippen LogP contribution >= 0.6 is 0 Å². The van der Waals surface area contributed by atoms with Gasteiger partial charge in [0.15, 0.2) is 0 Å². The van der Waals surface area contributed by atoms with Crippen LogP contribution in [-0.4, -0.2) is 23.8 Å². The van der Waals surface area contributed by atoms with Crippen LogP contribution in [0.5, 0.6) is 0 Å². The molecule has 0 saturated heterocycles. The Morgan fingerprint density at radius 2 is 1.77 bits per heavy atom. The van der Waals surface area contributed by atoms with Gasteiger partial charge in [-0.3, -0.25) is 9.59 Å². The molecule has 6 nitrogen and oxygen atoms in total. The summed E-state index contributed by atoms with van der Waals surface area (Å²) in [6.45, 7) is 1.39. The molecule has 0 heterocycles. The molecule has 1 fully saturated rings. The Morgan fingerprint density at radius 3 is 2.42 bits per heavy atom. The van der Waals surface area contributed by atoms with E-state index in [-0.39, 0.29) is 23.4 Å². The van der Waals surface area contributed by atoms with Gasteiger partial charge in [-0.1, -0.05) is 36.4 Å². The zero-order valence-corrected chi connectivity index (χ0v) is 14.4. The fraction of sp³-hybridized carbons (Fsp3) is 0.250. The van der Waals surface area contributed by atoms with Gasteiger partial charge in [0.25, 0.3) is 5.91 Å². The van der Waals surface area contributed by atoms with E-state index in [0.717, 1.165) is 12.8 Å². The summed E-state index contributed by atoms with van der Waals surface area (Å²) in [7, 11) is 0. The fourth-order valence-corrected chi connectivity index (χ4v) is 2.51. The van der Waals surface area contributed by atoms with Crippen LogP contribution in [0.25, 0.3) is 0 Å². The highest BCUT2D eigenvalue weighted by Crippen LogP contribution is 2.24. The standard InChI is InChI=1S/C20H20N2O4/c1-13(23)21-17-9-5-8-15(12-17)20(25)26-18(14-6-3-2-4-7-14)19(24)22-16-10-11-16/h2-9,12,16,18H,10-11H2,1H3,(H,21,23)(H,22,24)/t18-/m1/s1. The lowest BCUT2D eigenvalue weighted by Gasteiger charge is -2.18. The minimum Gasteiger partial charge on any atom is -0.444 e. The summed E-state index contributed by atoms with van der Waals surface area (Å²) in [5.41, 5.74) is 1.36. The Hall–Kier alpha value is -3.15. The first-order chi connectivity index (χ1) is 12.5. The lowest BCUT2D eigenvalue weighted by Crippen LogP contribution is -2.33. The molecule has 3 rings (SSSR count). The van der Waals surface area contributed by atoms with Crippen molar-refractivity contribution >= 4 is 23.5 Å². The van der Waals surface area contributed by atoms with E-state index in [2.05, 4.69) is 10.6 Å². The molecule has 0 radical (unpaired) electrons. The normalized spacial score (nSPS) is 14.2. The molecule has 1 aliphatic rings. The van der Waals surface area contributed by atoms with Crippen LogP contribution in [0.3, 0.4) is 0 Å². The Balaban J connectivity index is 1.78. The maximum absolute atomic E-state index is 12.6. The molecule has 2 amide bonds. The SMILES string of the molecule is CC(=O)Nc1cccc(C(=O)O[C@@H](C(=O)NC2CC2)c2ccccc2)c1. The number of amides is 2. The average Bonchev–Trinajstić information content (AvgIpc) is 3.43. The Morgan fingerprint density at radius 1 is 1.04 bits per heavy atom. The summed E-state index contributed by atoms with van der Waals surface area (Å²) in [6.07, 6.45) is 0.869. The van der Waals surface area contributed by atoms with Crippen LogP contribution in [0, 0.1) is 0 Å². The van der Waals surface area contributed by atoms with E-state index in [1.807, 2.05) is 6.07 Å². The molecule has 1 atom stereocenters. The second-order valence-electron chi connectivity index (χ2n) is 6.24. The third-order valence-corrected chi connectivity index (χ3v) is 3.91. The number of carbonyl (C=O) groups excluding carboxylic acids is 3. The molecule has 0 spiro atoms. The molecule has 26 heavy (non-hydrogen) atoms. The number of rotatable bonds is 6. The van der Waals surface area contributed by atoms with Crippen molar-refractivity contribution in [1.29, 1.82) is 0 Å². The summed E-state index contributed by atoms with van der Waals surface area (Å²) in [5, 5.41) is 5.49. The summed E-state index contributed by atoms with van der Waals surface area (Å²) in [4.78, 5) is 36.3. The third kappa shape index (κ3) is 4.69. The molecule has 0 unspecified atom stereocenters. The molecule has 134 valence electrons. The quantitative estimate of drug-likeness (QED) is 0.783. The second kappa shape index (κ2) is 7.82. The molecular formula is C20H20N2O4. The van der Waals surface area contributed by atoms with E-state index in [1.165, 1.54) is 13.0 Å². The maximum atomic E-state index is 12.6. The molecule has 1 aliphatic carbocycles. The van der Waals surface area contributed by atoms with Crippen molar-refractivity contribution in [2.45, 2.75) is 31.9 Å². The summed E-state index contributed by atoms with van der Waals surface area (Å²) in [6, 6.07) is 15.5. The van der Waals surface area contributed by atoms with Crippen molar-refractivity contribution in [3.63, 3.8) is 0 Å². The third-order valence-electron chi connectivity index (χ3n) is 3.91. The lowest BCUT2D eigenvalue weighted by molar-refractivity contribution is -0.130. The molecule has 0 aromatic heterocycles. The molecule has 1 saturated carbocycles. The molecule has 2 aromatic rings. The van der Waals surface area contributed by atoms with Gasteiger partial charge in [-0.05, 0) is 31.0 Å². The summed E-state index contributed by atoms with van der Waals surface area (Å²) >= 11 is 0. The van der Waals surface area contributed by atoms with E-state index in [1.54, 1.807) is 42.5 Å². The molecule has 2 N–H and O–H groups in total. The Bertz CT molecular complexity index is 816. The summed E-state index contributed by atoms with van der Waals surface area (Å²) < 4.78 is 5.51. The second-order valence-corrected chi connectivity index (χ2v) is 6.24. The van der Waals surface area contributed by atoms with E-state index < -0.39 is 12.1 Å². The van der Waals surface area contributed by atoms with Crippen molar-refractivity contribution in [3.05, 3.63) is 65.7 Å². The number of ether oxygens (including phenoxy) is 1. The molecule has 0 aliphatic heterocycles. The monoisotopic (exact) mass is 352 g/mol. The van der Waals surface area contributed by atoms with Gasteiger partial charge in [-0.2, -0.15) is 0 Å². The van der Waals surface area contributed by atoms with Crippen LogP contribution < -0.4 is 10.6 Å². The maximum Gasteiger partial charge on any atom is 0.339 e. The number of hydrogen-bond donors (Lipinski definition) is 2. The number of anilines is 1. The first kappa shape index (κ1) is 17.7. The van der Waals surface area contributed by atoms with Crippen molar-refractivity contribution in [2.75, 3.05) is 5.32 Å². The largest absolute Gasteiger partial charge is 0.444 e. The van der Waals surface area contributed by atoms with Gasteiger partial charge >= 0.3 is 5.97 Å². The first-order valence-electron chi connectivity index (χ1n) is 8.47. The molecular weight excluding hydrogens is 332 g/mol. The van der Waals surface area contributed by atoms with Crippen LogP contribution in [0.2, 0.25) is 0 Å². The smallest absolute Gasteiger partial charge is 0.339 e. The van der Waals surface area contributed by atoms with Crippen LogP contribution in [0.1, 0.15) is 41.8 Å². The number of hydrogen-bond acceptors (Lipinski definition) is 4. The van der Waals surface area contributed by atoms with Gasteiger partial charge in [-0.25, -0.2) is 4.79 Å². The van der Waals surface area contributed by atoms with E-state index in [0.29, 0.717) is 11.3 Å². The fourth-order valence-electron chi connectivity index (χ4n) is 2.51. The van der Waals surface area contributed by atoms with Crippen molar-refractivity contribution < 1.29 is 19.1 Å². The highest BCUT2D eigenvalue weighted by molar-refractivity contribution is 5.95. The average molecular weight is 352 g/mol. The van der Waals surface area contributed by atoms with Crippen molar-refractivity contribution in [3.8, 4) is 0 Å². The van der Waals surface area contributed by atoms with Crippen molar-refractivity contribution in [2.24, 2.45) is 0 Å². The van der Waals surface area contributed by atoms with Gasteiger partial charge in [0, 0.05) is 24.2 Å². The van der Waals surface area contributed by atoms with Gasteiger partial charge in [0.1, 0.15) is 0 Å². The highest BCUT2D eigenvalue weighted by Gasteiger charge is 2.31. The zero-order valence-electron chi connectivity index (χ0n) is 14.4. The minimum absolute atomic E-state index is 0.163. The predicted molar refractivity (Wildman–Crippen MR) is 96.5 cm³/mol. The lowest BCUT2D eigenvalue weighted by atomic mass is 10.1. The van der Waals surface area contributed by atoms with E-state index in [4.69, 9.17) is 4.74 Å². The minimum atomic E-state index is -1.02. The molecule has 0 bridgehead atoms. The number of carbonyl (C=O) groups is 3. The number of benzene rings is 2. The summed E-state index contributed by atoms with van der Waals surface area (Å²) in [5.74, 6) is -1.19.